The molecule has 0 saturated heterocycles. The number of hydrogen-bond donors (Lipinski definition) is 1. The first kappa shape index (κ1) is 13.7. The van der Waals surface area contributed by atoms with Crippen molar-refractivity contribution in [1.82, 2.24) is 15.0 Å². The quantitative estimate of drug-likeness (QED) is 0.808. The maximum absolute atomic E-state index is 13.4. The van der Waals surface area contributed by atoms with Crippen LogP contribution in [-0.2, 0) is 6.54 Å². The van der Waals surface area contributed by atoms with Crippen LogP contribution in [0, 0.1) is 5.82 Å². The molecule has 1 heterocycles. The maximum atomic E-state index is 13.4. The summed E-state index contributed by atoms with van der Waals surface area (Å²) < 4.78 is 15.0. The topological polar surface area (TPSA) is 56.7 Å². The zero-order valence-electron chi connectivity index (χ0n) is 11.0. The van der Waals surface area contributed by atoms with Crippen LogP contribution in [0.2, 0.25) is 5.02 Å². The first-order valence-corrected chi connectivity index (χ1v) is 6.74. The van der Waals surface area contributed by atoms with Gasteiger partial charge in [0.25, 0.3) is 0 Å². The van der Waals surface area contributed by atoms with E-state index < -0.39 is 0 Å². The molecule has 0 fully saturated rings. The predicted octanol–water partition coefficient (Wildman–Crippen LogP) is 3.19. The van der Waals surface area contributed by atoms with Gasteiger partial charge >= 0.3 is 0 Å². The summed E-state index contributed by atoms with van der Waals surface area (Å²) in [5.74, 6) is -0.345. The molecule has 21 heavy (non-hydrogen) atoms. The highest BCUT2D eigenvalue weighted by atomic mass is 35.5. The average Bonchev–Trinajstić information content (AvgIpc) is 2.91. The molecule has 0 saturated carbocycles. The second kappa shape index (κ2) is 5.63. The van der Waals surface area contributed by atoms with E-state index in [0.717, 1.165) is 5.56 Å². The van der Waals surface area contributed by atoms with E-state index in [2.05, 4.69) is 10.3 Å². The molecule has 2 N–H and O–H groups in total. The average molecular weight is 303 g/mol. The second-order valence-corrected chi connectivity index (χ2v) is 4.87. The Hall–Kier alpha value is -2.24. The zero-order chi connectivity index (χ0) is 14.8. The van der Waals surface area contributed by atoms with Crippen molar-refractivity contribution in [2.45, 2.75) is 6.54 Å². The van der Waals surface area contributed by atoms with Crippen molar-refractivity contribution in [1.29, 1.82) is 0 Å². The van der Waals surface area contributed by atoms with E-state index in [-0.39, 0.29) is 12.4 Å². The lowest BCUT2D eigenvalue weighted by Gasteiger charge is -2.09. The molecule has 0 unspecified atom stereocenters. The summed E-state index contributed by atoms with van der Waals surface area (Å²) in [6, 6.07) is 13.5. The van der Waals surface area contributed by atoms with E-state index in [4.69, 9.17) is 17.3 Å². The fourth-order valence-corrected chi connectivity index (χ4v) is 2.39. The number of aromatic nitrogens is 3. The van der Waals surface area contributed by atoms with Gasteiger partial charge in [-0.1, -0.05) is 41.1 Å². The summed E-state index contributed by atoms with van der Waals surface area (Å²) in [5.41, 5.74) is 8.33. The standard InChI is InChI=1S/C15H12ClFN4/c16-13-7-2-1-6-12(13)15-14(9-18)19-20-21(15)11-5-3-4-10(17)8-11/h1-8H,9,18H2. The summed E-state index contributed by atoms with van der Waals surface area (Å²) in [7, 11) is 0. The maximum Gasteiger partial charge on any atom is 0.125 e. The molecular formula is C15H12ClFN4. The Morgan fingerprint density at radius 2 is 1.95 bits per heavy atom. The third-order valence-corrected chi connectivity index (χ3v) is 3.44. The molecule has 2 aromatic carbocycles. The lowest BCUT2D eigenvalue weighted by molar-refractivity contribution is 0.625. The van der Waals surface area contributed by atoms with Crippen molar-refractivity contribution in [2.75, 3.05) is 0 Å². The highest BCUT2D eigenvalue weighted by Crippen LogP contribution is 2.31. The molecule has 0 aliphatic carbocycles. The molecule has 0 bridgehead atoms. The van der Waals surface area contributed by atoms with Gasteiger partial charge in [-0.05, 0) is 24.3 Å². The van der Waals surface area contributed by atoms with E-state index in [0.29, 0.717) is 22.1 Å². The normalized spacial score (nSPS) is 10.8. The van der Waals surface area contributed by atoms with Gasteiger partial charge in [0.2, 0.25) is 0 Å². The lowest BCUT2D eigenvalue weighted by atomic mass is 10.1. The molecule has 106 valence electrons. The third-order valence-electron chi connectivity index (χ3n) is 3.12. The monoisotopic (exact) mass is 302 g/mol. The van der Waals surface area contributed by atoms with Crippen LogP contribution in [0.15, 0.2) is 48.5 Å². The molecule has 0 radical (unpaired) electrons. The van der Waals surface area contributed by atoms with Crippen molar-refractivity contribution in [2.24, 2.45) is 5.73 Å². The molecule has 0 amide bonds. The molecule has 0 spiro atoms. The predicted molar refractivity (Wildman–Crippen MR) is 79.7 cm³/mol. The molecule has 0 aliphatic rings. The van der Waals surface area contributed by atoms with Gasteiger partial charge in [-0.3, -0.25) is 0 Å². The van der Waals surface area contributed by atoms with Crippen LogP contribution < -0.4 is 5.73 Å². The van der Waals surface area contributed by atoms with Crippen LogP contribution in [0.1, 0.15) is 5.69 Å². The summed E-state index contributed by atoms with van der Waals surface area (Å²) in [5, 5.41) is 8.70. The van der Waals surface area contributed by atoms with Crippen molar-refractivity contribution in [3.05, 3.63) is 65.1 Å². The Labute approximate surface area is 126 Å². The molecule has 6 heteroatoms. The minimum atomic E-state index is -0.345. The fraction of sp³-hybridized carbons (Fsp3) is 0.0667. The number of nitrogens with zero attached hydrogens (tertiary/aromatic N) is 3. The van der Waals surface area contributed by atoms with Crippen LogP contribution in [-0.4, -0.2) is 15.0 Å². The highest BCUT2D eigenvalue weighted by Gasteiger charge is 2.17. The van der Waals surface area contributed by atoms with Crippen molar-refractivity contribution >= 4 is 11.6 Å². The molecule has 3 aromatic rings. The number of benzene rings is 2. The van der Waals surface area contributed by atoms with Gasteiger partial charge in [0.15, 0.2) is 0 Å². The summed E-state index contributed by atoms with van der Waals surface area (Å²) in [4.78, 5) is 0. The Bertz CT molecular complexity index is 785. The molecule has 4 nitrogen and oxygen atoms in total. The van der Waals surface area contributed by atoms with Gasteiger partial charge in [-0.25, -0.2) is 9.07 Å². The van der Waals surface area contributed by atoms with Crippen molar-refractivity contribution in [3.63, 3.8) is 0 Å². The van der Waals surface area contributed by atoms with Crippen LogP contribution >= 0.6 is 11.6 Å². The number of rotatable bonds is 3. The Morgan fingerprint density at radius 3 is 2.67 bits per heavy atom. The largest absolute Gasteiger partial charge is 0.325 e. The van der Waals surface area contributed by atoms with E-state index >= 15 is 0 Å². The van der Waals surface area contributed by atoms with Gasteiger partial charge in [0, 0.05) is 12.1 Å². The van der Waals surface area contributed by atoms with Crippen LogP contribution in [0.3, 0.4) is 0 Å². The number of halogens is 2. The molecule has 1 aromatic heterocycles. The molecule has 3 rings (SSSR count). The van der Waals surface area contributed by atoms with Gasteiger partial charge in [-0.15, -0.1) is 5.10 Å². The minimum Gasteiger partial charge on any atom is -0.325 e. The van der Waals surface area contributed by atoms with Gasteiger partial charge in [0.05, 0.1) is 10.7 Å². The Kier molecular flexibility index (Phi) is 3.68. The number of hydrogen-bond acceptors (Lipinski definition) is 3. The number of nitrogens with two attached hydrogens (primary N) is 1. The first-order valence-electron chi connectivity index (χ1n) is 6.36. The summed E-state index contributed by atoms with van der Waals surface area (Å²) >= 11 is 6.25. The fourth-order valence-electron chi connectivity index (χ4n) is 2.16. The molecular weight excluding hydrogens is 291 g/mol. The third kappa shape index (κ3) is 2.53. The highest BCUT2D eigenvalue weighted by molar-refractivity contribution is 6.33. The van der Waals surface area contributed by atoms with Gasteiger partial charge in [-0.2, -0.15) is 0 Å². The van der Waals surface area contributed by atoms with Crippen LogP contribution in [0.25, 0.3) is 16.9 Å². The zero-order valence-corrected chi connectivity index (χ0v) is 11.8. The smallest absolute Gasteiger partial charge is 0.125 e. The van der Waals surface area contributed by atoms with Gasteiger partial charge < -0.3 is 5.73 Å². The lowest BCUT2D eigenvalue weighted by Crippen LogP contribution is -2.03. The molecule has 0 atom stereocenters. The second-order valence-electron chi connectivity index (χ2n) is 4.46. The van der Waals surface area contributed by atoms with Crippen LogP contribution in [0.4, 0.5) is 4.39 Å². The minimum absolute atomic E-state index is 0.218. The SMILES string of the molecule is NCc1nnn(-c2cccc(F)c2)c1-c1ccccc1Cl. The van der Waals surface area contributed by atoms with Crippen LogP contribution in [0.5, 0.6) is 0 Å². The van der Waals surface area contributed by atoms with Crippen molar-refractivity contribution in [3.8, 4) is 16.9 Å². The van der Waals surface area contributed by atoms with E-state index in [1.54, 1.807) is 22.9 Å². The summed E-state index contributed by atoms with van der Waals surface area (Å²) in [6.07, 6.45) is 0. The Balaban J connectivity index is 2.24. The van der Waals surface area contributed by atoms with E-state index in [1.807, 2.05) is 18.2 Å². The summed E-state index contributed by atoms with van der Waals surface area (Å²) in [6.45, 7) is 0.218. The first-order chi connectivity index (χ1) is 10.2. The molecule has 0 aliphatic heterocycles. The van der Waals surface area contributed by atoms with Gasteiger partial charge in [0.1, 0.15) is 17.2 Å². The van der Waals surface area contributed by atoms with E-state index in [1.165, 1.54) is 12.1 Å². The Morgan fingerprint density at radius 1 is 1.14 bits per heavy atom. The van der Waals surface area contributed by atoms with Crippen molar-refractivity contribution < 1.29 is 4.39 Å². The van der Waals surface area contributed by atoms with E-state index in [9.17, 15) is 4.39 Å².